The first kappa shape index (κ1) is 10.9. The number of rotatable bonds is 1. The summed E-state index contributed by atoms with van der Waals surface area (Å²) in [4.78, 5) is 5.64. The minimum atomic E-state index is 0.891. The molecule has 2 nitrogen and oxygen atoms in total. The van der Waals surface area contributed by atoms with E-state index in [9.17, 15) is 0 Å². The Morgan fingerprint density at radius 2 is 1.94 bits per heavy atom. The van der Waals surface area contributed by atoms with E-state index in [1.54, 1.807) is 0 Å². The van der Waals surface area contributed by atoms with Gasteiger partial charge in [-0.2, -0.15) is 4.37 Å². The maximum Gasteiger partial charge on any atom is 0.145 e. The van der Waals surface area contributed by atoms with Crippen molar-refractivity contribution in [3.63, 3.8) is 0 Å². The molecule has 0 aliphatic rings. The Labute approximate surface area is 112 Å². The van der Waals surface area contributed by atoms with Crippen molar-refractivity contribution < 1.29 is 0 Å². The molecule has 0 amide bonds. The highest BCUT2D eigenvalue weighted by atomic mass is 79.9. The predicted molar refractivity (Wildman–Crippen MR) is 75.3 cm³/mol. The minimum absolute atomic E-state index is 0.891. The summed E-state index contributed by atoms with van der Waals surface area (Å²) >= 11 is 4.89. The SMILES string of the molecule is Cc1cc(-c2ccccc2)nc2snc(Br)c12. The van der Waals surface area contributed by atoms with Crippen LogP contribution >= 0.6 is 27.5 Å². The van der Waals surface area contributed by atoms with Gasteiger partial charge in [0.05, 0.1) is 5.69 Å². The van der Waals surface area contributed by atoms with E-state index in [1.165, 1.54) is 17.1 Å². The van der Waals surface area contributed by atoms with Crippen LogP contribution in [0.1, 0.15) is 5.56 Å². The smallest absolute Gasteiger partial charge is 0.145 e. The van der Waals surface area contributed by atoms with Gasteiger partial charge in [-0.1, -0.05) is 30.3 Å². The van der Waals surface area contributed by atoms with Gasteiger partial charge in [-0.25, -0.2) is 4.98 Å². The molecule has 0 spiro atoms. The third kappa shape index (κ3) is 1.87. The van der Waals surface area contributed by atoms with Crippen LogP contribution in [0.25, 0.3) is 21.5 Å². The quantitative estimate of drug-likeness (QED) is 0.664. The molecule has 3 aromatic rings. The number of halogens is 1. The molecular weight excluding hydrogens is 296 g/mol. The number of nitrogens with zero attached hydrogens (tertiary/aromatic N) is 2. The second-order valence-corrected chi connectivity index (χ2v) is 5.35. The zero-order valence-corrected chi connectivity index (χ0v) is 11.5. The summed E-state index contributed by atoms with van der Waals surface area (Å²) in [5.41, 5.74) is 3.35. The molecule has 0 aliphatic heterocycles. The highest BCUT2D eigenvalue weighted by molar-refractivity contribution is 9.10. The van der Waals surface area contributed by atoms with E-state index in [-0.39, 0.29) is 0 Å². The van der Waals surface area contributed by atoms with Gasteiger partial charge in [-0.05, 0) is 46.0 Å². The lowest BCUT2D eigenvalue weighted by molar-refractivity contribution is 1.38. The van der Waals surface area contributed by atoms with Gasteiger partial charge >= 0.3 is 0 Å². The van der Waals surface area contributed by atoms with E-state index in [4.69, 9.17) is 0 Å². The zero-order valence-electron chi connectivity index (χ0n) is 9.14. The lowest BCUT2D eigenvalue weighted by Crippen LogP contribution is -1.85. The average Bonchev–Trinajstić information content (AvgIpc) is 2.73. The summed E-state index contributed by atoms with van der Waals surface area (Å²) in [6, 6.07) is 12.3. The Balaban J connectivity index is 2.26. The van der Waals surface area contributed by atoms with Crippen molar-refractivity contribution in [2.24, 2.45) is 0 Å². The number of pyridine rings is 1. The van der Waals surface area contributed by atoms with Crippen molar-refractivity contribution in [3.8, 4) is 11.3 Å². The maximum atomic E-state index is 4.65. The monoisotopic (exact) mass is 304 g/mol. The Kier molecular flexibility index (Phi) is 2.68. The minimum Gasteiger partial charge on any atom is -0.235 e. The number of fused-ring (bicyclic) bond motifs is 1. The third-order valence-corrected chi connectivity index (χ3v) is 4.22. The lowest BCUT2D eigenvalue weighted by Gasteiger charge is -2.03. The van der Waals surface area contributed by atoms with Crippen LogP contribution in [-0.4, -0.2) is 9.36 Å². The summed E-state index contributed by atoms with van der Waals surface area (Å²) in [6.07, 6.45) is 0. The standard InChI is InChI=1S/C13H9BrN2S/c1-8-7-10(9-5-3-2-4-6-9)15-13-11(8)12(14)16-17-13/h2-7H,1H3. The molecule has 17 heavy (non-hydrogen) atoms. The number of hydrogen-bond donors (Lipinski definition) is 0. The summed E-state index contributed by atoms with van der Waals surface area (Å²) in [6.45, 7) is 2.09. The van der Waals surface area contributed by atoms with E-state index in [1.807, 2.05) is 18.2 Å². The first-order chi connectivity index (χ1) is 8.25. The van der Waals surface area contributed by atoms with Crippen molar-refractivity contribution in [1.82, 2.24) is 9.36 Å². The van der Waals surface area contributed by atoms with E-state index in [0.717, 1.165) is 26.1 Å². The second kappa shape index (κ2) is 4.20. The van der Waals surface area contributed by atoms with Crippen LogP contribution in [0.4, 0.5) is 0 Å². The Hall–Kier alpha value is -1.26. The van der Waals surface area contributed by atoms with Gasteiger partial charge in [-0.15, -0.1) is 0 Å². The molecule has 4 heteroatoms. The second-order valence-electron chi connectivity index (χ2n) is 3.84. The van der Waals surface area contributed by atoms with Crippen LogP contribution < -0.4 is 0 Å². The molecule has 0 aliphatic carbocycles. The molecule has 3 rings (SSSR count). The van der Waals surface area contributed by atoms with Gasteiger partial charge < -0.3 is 0 Å². The molecule has 0 N–H and O–H groups in total. The highest BCUT2D eigenvalue weighted by Crippen LogP contribution is 2.31. The summed E-state index contributed by atoms with van der Waals surface area (Å²) in [7, 11) is 0. The summed E-state index contributed by atoms with van der Waals surface area (Å²) in [5, 5.41) is 1.12. The molecule has 0 saturated carbocycles. The number of hydrogen-bond acceptors (Lipinski definition) is 3. The summed E-state index contributed by atoms with van der Waals surface area (Å²) in [5.74, 6) is 0. The van der Waals surface area contributed by atoms with Crippen LogP contribution in [0, 0.1) is 6.92 Å². The molecule has 1 aromatic carbocycles. The third-order valence-electron chi connectivity index (χ3n) is 2.67. The topological polar surface area (TPSA) is 25.8 Å². The molecule has 84 valence electrons. The molecule has 0 saturated heterocycles. The van der Waals surface area contributed by atoms with Crippen LogP contribution in [0.15, 0.2) is 41.0 Å². The molecule has 2 aromatic heterocycles. The fourth-order valence-corrected chi connectivity index (χ4v) is 3.44. The van der Waals surface area contributed by atoms with Gasteiger partial charge in [0.25, 0.3) is 0 Å². The van der Waals surface area contributed by atoms with Crippen LogP contribution in [0.5, 0.6) is 0 Å². The Morgan fingerprint density at radius 3 is 2.71 bits per heavy atom. The first-order valence-corrected chi connectivity index (χ1v) is 6.80. The molecule has 0 unspecified atom stereocenters. The molecule has 0 bridgehead atoms. The van der Waals surface area contributed by atoms with Gasteiger partial charge in [0.1, 0.15) is 9.43 Å². The molecule has 2 heterocycles. The summed E-state index contributed by atoms with van der Waals surface area (Å²) < 4.78 is 5.18. The van der Waals surface area contributed by atoms with E-state index in [2.05, 4.69) is 50.4 Å². The average molecular weight is 305 g/mol. The van der Waals surface area contributed by atoms with Crippen molar-refractivity contribution in [1.29, 1.82) is 0 Å². The van der Waals surface area contributed by atoms with Gasteiger partial charge in [0.2, 0.25) is 0 Å². The van der Waals surface area contributed by atoms with Crippen molar-refractivity contribution in [2.75, 3.05) is 0 Å². The normalized spacial score (nSPS) is 10.9. The fourth-order valence-electron chi connectivity index (χ4n) is 1.85. The van der Waals surface area contributed by atoms with Crippen LogP contribution in [0.2, 0.25) is 0 Å². The van der Waals surface area contributed by atoms with Crippen molar-refractivity contribution in [3.05, 3.63) is 46.6 Å². The van der Waals surface area contributed by atoms with E-state index in [0.29, 0.717) is 0 Å². The van der Waals surface area contributed by atoms with Crippen molar-refractivity contribution in [2.45, 2.75) is 6.92 Å². The first-order valence-electron chi connectivity index (χ1n) is 5.23. The van der Waals surface area contributed by atoms with Gasteiger partial charge in [0, 0.05) is 10.9 Å². The number of aromatic nitrogens is 2. The molecule has 0 radical (unpaired) electrons. The fraction of sp³-hybridized carbons (Fsp3) is 0.0769. The largest absolute Gasteiger partial charge is 0.235 e. The van der Waals surface area contributed by atoms with Crippen LogP contribution in [0.3, 0.4) is 0 Å². The number of benzene rings is 1. The van der Waals surface area contributed by atoms with Gasteiger partial charge in [0.15, 0.2) is 0 Å². The van der Waals surface area contributed by atoms with Crippen LogP contribution in [-0.2, 0) is 0 Å². The van der Waals surface area contributed by atoms with E-state index >= 15 is 0 Å². The predicted octanol–water partition coefficient (Wildman–Crippen LogP) is 4.43. The molecular formula is C13H9BrN2S. The zero-order chi connectivity index (χ0) is 11.8. The highest BCUT2D eigenvalue weighted by Gasteiger charge is 2.10. The van der Waals surface area contributed by atoms with Crippen molar-refractivity contribution >= 4 is 37.7 Å². The van der Waals surface area contributed by atoms with Gasteiger partial charge in [-0.3, -0.25) is 0 Å². The maximum absolute atomic E-state index is 4.65. The Morgan fingerprint density at radius 1 is 1.18 bits per heavy atom. The molecule has 0 fully saturated rings. The molecule has 0 atom stereocenters. The number of aryl methyl sites for hydroxylation is 1. The Bertz CT molecular complexity index is 676. The van der Waals surface area contributed by atoms with E-state index < -0.39 is 0 Å². The lowest BCUT2D eigenvalue weighted by atomic mass is 10.1.